The number of rotatable bonds is 5. The summed E-state index contributed by atoms with van der Waals surface area (Å²) in [6.45, 7) is 0. The molecule has 0 spiro atoms. The Morgan fingerprint density at radius 1 is 1.18 bits per heavy atom. The first-order chi connectivity index (χ1) is 15.8. The maximum absolute atomic E-state index is 12.8. The van der Waals surface area contributed by atoms with E-state index in [0.717, 1.165) is 0 Å². The van der Waals surface area contributed by atoms with Crippen molar-refractivity contribution in [3.63, 3.8) is 0 Å². The minimum absolute atomic E-state index is 0.132. The molecule has 3 heterocycles. The van der Waals surface area contributed by atoms with E-state index in [9.17, 15) is 18.0 Å². The number of pyridine rings is 2. The van der Waals surface area contributed by atoms with Crippen LogP contribution in [-0.4, -0.2) is 41.2 Å². The highest BCUT2D eigenvalue weighted by Crippen LogP contribution is 2.50. The Kier molecular flexibility index (Phi) is 4.84. The van der Waals surface area contributed by atoms with Crippen molar-refractivity contribution in [2.24, 2.45) is 11.8 Å². The highest BCUT2D eigenvalue weighted by molar-refractivity contribution is 6.03. The number of amides is 1. The van der Waals surface area contributed by atoms with Crippen LogP contribution < -0.4 is 15.4 Å². The molecule has 2 N–H and O–H groups in total. The van der Waals surface area contributed by atoms with Crippen LogP contribution in [0.4, 0.5) is 24.8 Å². The fraction of sp³-hybridized carbons (Fsp3) is 0.273. The zero-order chi connectivity index (χ0) is 23.3. The molecule has 0 aliphatic heterocycles. The minimum Gasteiger partial charge on any atom is -0.497 e. The summed E-state index contributed by atoms with van der Waals surface area (Å²) in [5.74, 6) is -1.82. The molecule has 0 bridgehead atoms. The maximum atomic E-state index is 12.8. The van der Waals surface area contributed by atoms with Gasteiger partial charge in [0.25, 0.3) is 0 Å². The van der Waals surface area contributed by atoms with Crippen LogP contribution >= 0.6 is 0 Å². The Hall–Kier alpha value is -3.89. The molecule has 11 heteroatoms. The number of methoxy groups -OCH3 is 1. The molecule has 8 nitrogen and oxygen atoms in total. The largest absolute Gasteiger partial charge is 0.497 e. The number of oxazole rings is 1. The van der Waals surface area contributed by atoms with E-state index in [1.165, 1.54) is 6.20 Å². The first-order valence-corrected chi connectivity index (χ1v) is 10.1. The quantitative estimate of drug-likeness (QED) is 0.451. The summed E-state index contributed by atoms with van der Waals surface area (Å²) >= 11 is 0. The van der Waals surface area contributed by atoms with Gasteiger partial charge in [0.05, 0.1) is 24.5 Å². The van der Waals surface area contributed by atoms with Crippen LogP contribution in [0.25, 0.3) is 33.3 Å². The van der Waals surface area contributed by atoms with Crippen molar-refractivity contribution in [3.8, 4) is 17.2 Å². The van der Waals surface area contributed by atoms with Gasteiger partial charge in [-0.15, -0.1) is 0 Å². The highest BCUT2D eigenvalue weighted by atomic mass is 19.4. The van der Waals surface area contributed by atoms with Crippen LogP contribution in [0.1, 0.15) is 6.42 Å². The third-order valence-electron chi connectivity index (χ3n) is 5.63. The van der Waals surface area contributed by atoms with E-state index < -0.39 is 23.9 Å². The predicted octanol–water partition coefficient (Wildman–Crippen LogP) is 4.63. The minimum atomic E-state index is -4.38. The van der Waals surface area contributed by atoms with Crippen molar-refractivity contribution in [2.45, 2.75) is 12.6 Å². The third kappa shape index (κ3) is 3.79. The number of fused-ring (bicyclic) bond motifs is 2. The summed E-state index contributed by atoms with van der Waals surface area (Å²) in [6, 6.07) is 6.80. The van der Waals surface area contributed by atoms with E-state index in [1.54, 1.807) is 44.6 Å². The van der Waals surface area contributed by atoms with Gasteiger partial charge in [0.15, 0.2) is 5.58 Å². The lowest BCUT2D eigenvalue weighted by Crippen LogP contribution is -2.20. The second-order valence-electron chi connectivity index (χ2n) is 7.72. The molecular formula is C22H18F3N5O3. The van der Waals surface area contributed by atoms with E-state index in [0.29, 0.717) is 44.9 Å². The fourth-order valence-electron chi connectivity index (χ4n) is 3.79. The first kappa shape index (κ1) is 21.0. The zero-order valence-corrected chi connectivity index (χ0v) is 17.5. The second kappa shape index (κ2) is 7.61. The molecule has 1 amide bonds. The van der Waals surface area contributed by atoms with Crippen molar-refractivity contribution in [1.82, 2.24) is 15.0 Å². The Labute approximate surface area is 185 Å². The molecule has 4 aromatic rings. The molecule has 170 valence electrons. The number of hydrogen-bond donors (Lipinski definition) is 2. The summed E-state index contributed by atoms with van der Waals surface area (Å²) < 4.78 is 49.6. The summed E-state index contributed by atoms with van der Waals surface area (Å²) in [5.41, 5.74) is 1.67. The standard InChI is InChI=1S/C22H18F3N5O3/c1-26-19-13-8-27-18(30-20(31)12-6-15(12)22(23,24)25)7-11(13)14(9-28-19)21-29-16-5-10(32-2)3-4-17(16)33-21/h3-5,7-9,12,15H,6H2,1-2H3,(H,26,28)(H,27,30,31)/t12-,15?/m1/s1. The summed E-state index contributed by atoms with van der Waals surface area (Å²) in [6.07, 6.45) is -1.53. The van der Waals surface area contributed by atoms with Crippen molar-refractivity contribution >= 4 is 39.4 Å². The Morgan fingerprint density at radius 2 is 2.00 bits per heavy atom. The second-order valence-corrected chi connectivity index (χ2v) is 7.72. The van der Waals surface area contributed by atoms with Gasteiger partial charge in [-0.1, -0.05) is 0 Å². The lowest BCUT2D eigenvalue weighted by molar-refractivity contribution is -0.153. The number of carbonyl (C=O) groups excluding carboxylic acids is 1. The van der Waals surface area contributed by atoms with Gasteiger partial charge in [0.2, 0.25) is 11.8 Å². The van der Waals surface area contributed by atoms with Gasteiger partial charge in [-0.2, -0.15) is 13.2 Å². The molecule has 1 aliphatic carbocycles. The van der Waals surface area contributed by atoms with E-state index in [4.69, 9.17) is 9.15 Å². The normalized spacial score (nSPS) is 17.8. The van der Waals surface area contributed by atoms with Crippen molar-refractivity contribution in [3.05, 3.63) is 36.7 Å². The van der Waals surface area contributed by atoms with Crippen LogP contribution in [0, 0.1) is 11.8 Å². The maximum Gasteiger partial charge on any atom is 0.392 e. The fourth-order valence-corrected chi connectivity index (χ4v) is 3.79. The van der Waals surface area contributed by atoms with Gasteiger partial charge in [0.1, 0.15) is 22.9 Å². The number of ether oxygens (including phenoxy) is 1. The Balaban J connectivity index is 1.53. The smallest absolute Gasteiger partial charge is 0.392 e. The van der Waals surface area contributed by atoms with Gasteiger partial charge >= 0.3 is 6.18 Å². The molecule has 5 rings (SSSR count). The number of anilines is 2. The summed E-state index contributed by atoms with van der Waals surface area (Å²) in [4.78, 5) is 25.4. The van der Waals surface area contributed by atoms with E-state index in [-0.39, 0.29) is 12.2 Å². The van der Waals surface area contributed by atoms with Crippen LogP contribution in [0.5, 0.6) is 5.75 Å². The van der Waals surface area contributed by atoms with Crippen molar-refractivity contribution < 1.29 is 27.1 Å². The molecule has 1 aliphatic rings. The highest BCUT2D eigenvalue weighted by Gasteiger charge is 2.58. The topological polar surface area (TPSA) is 102 Å². The zero-order valence-electron chi connectivity index (χ0n) is 17.5. The van der Waals surface area contributed by atoms with E-state index >= 15 is 0 Å². The van der Waals surface area contributed by atoms with Crippen LogP contribution in [0.3, 0.4) is 0 Å². The Bertz CT molecular complexity index is 1390. The molecular weight excluding hydrogens is 439 g/mol. The van der Waals surface area contributed by atoms with Crippen molar-refractivity contribution in [1.29, 1.82) is 0 Å². The number of alkyl halides is 3. The van der Waals surface area contributed by atoms with E-state index in [1.807, 2.05) is 0 Å². The Morgan fingerprint density at radius 3 is 2.70 bits per heavy atom. The number of nitrogens with zero attached hydrogens (tertiary/aromatic N) is 3. The molecule has 3 aromatic heterocycles. The number of carbonyl (C=O) groups is 1. The van der Waals surface area contributed by atoms with Gasteiger partial charge < -0.3 is 19.8 Å². The lowest BCUT2D eigenvalue weighted by Gasteiger charge is -2.11. The lowest BCUT2D eigenvalue weighted by atomic mass is 10.1. The average Bonchev–Trinajstić information content (AvgIpc) is 3.51. The molecule has 1 fully saturated rings. The van der Waals surface area contributed by atoms with E-state index in [2.05, 4.69) is 25.6 Å². The van der Waals surface area contributed by atoms with Gasteiger partial charge in [0, 0.05) is 36.3 Å². The van der Waals surface area contributed by atoms with Gasteiger partial charge in [-0.25, -0.2) is 15.0 Å². The van der Waals surface area contributed by atoms with Crippen molar-refractivity contribution in [2.75, 3.05) is 24.8 Å². The third-order valence-corrected chi connectivity index (χ3v) is 5.63. The molecule has 2 atom stereocenters. The number of nitrogens with one attached hydrogen (secondary N) is 2. The molecule has 1 unspecified atom stereocenters. The number of halogens is 3. The van der Waals surface area contributed by atoms with Gasteiger partial charge in [-0.05, 0) is 24.6 Å². The summed E-state index contributed by atoms with van der Waals surface area (Å²) in [5, 5.41) is 6.71. The number of benzene rings is 1. The molecule has 0 radical (unpaired) electrons. The van der Waals surface area contributed by atoms with Crippen LogP contribution in [0.15, 0.2) is 41.1 Å². The molecule has 33 heavy (non-hydrogen) atoms. The number of aromatic nitrogens is 3. The summed E-state index contributed by atoms with van der Waals surface area (Å²) in [7, 11) is 3.25. The van der Waals surface area contributed by atoms with Crippen LogP contribution in [-0.2, 0) is 4.79 Å². The molecule has 1 aromatic carbocycles. The molecule has 0 saturated heterocycles. The van der Waals surface area contributed by atoms with Gasteiger partial charge in [-0.3, -0.25) is 4.79 Å². The monoisotopic (exact) mass is 457 g/mol. The predicted molar refractivity (Wildman–Crippen MR) is 115 cm³/mol. The SMILES string of the molecule is CNc1ncc(-c2nc3cc(OC)ccc3o2)c2cc(NC(=O)[C@@H]3CC3C(F)(F)F)ncc12. The average molecular weight is 457 g/mol. The molecule has 1 saturated carbocycles. The first-order valence-electron chi connectivity index (χ1n) is 10.1. The van der Waals surface area contributed by atoms with Crippen LogP contribution in [0.2, 0.25) is 0 Å². The number of hydrogen-bond acceptors (Lipinski definition) is 7.